The Hall–Kier alpha value is -4.47. The van der Waals surface area contributed by atoms with Crippen molar-refractivity contribution in [3.05, 3.63) is 95.1 Å². The number of aromatic amines is 1. The van der Waals surface area contributed by atoms with Crippen LogP contribution in [-0.4, -0.2) is 65.0 Å². The second-order valence-corrected chi connectivity index (χ2v) is 11.3. The quantitative estimate of drug-likeness (QED) is 0.174. The molecule has 1 heterocycles. The van der Waals surface area contributed by atoms with Crippen molar-refractivity contribution in [2.75, 3.05) is 20.7 Å². The highest BCUT2D eigenvalue weighted by Gasteiger charge is 2.23. The summed E-state index contributed by atoms with van der Waals surface area (Å²) in [6, 6.07) is 21.9. The molecule has 0 bridgehead atoms. The number of aromatic nitrogens is 1. The topological polar surface area (TPSA) is 130 Å². The number of fused-ring (bicyclic) bond motifs is 1. The Balaban J connectivity index is 1.54. The van der Waals surface area contributed by atoms with Gasteiger partial charge in [-0.05, 0) is 64.1 Å². The van der Waals surface area contributed by atoms with Gasteiger partial charge < -0.3 is 30.2 Å². The number of ether oxygens (including phenoxy) is 2. The monoisotopic (exact) mass is 570 g/mol. The molecule has 9 nitrogen and oxygen atoms in total. The number of esters is 2. The number of hydrogen-bond donors (Lipinski definition) is 3. The molecule has 1 atom stereocenters. The molecule has 0 aliphatic rings. The van der Waals surface area contributed by atoms with Crippen molar-refractivity contribution in [2.24, 2.45) is 10.7 Å². The van der Waals surface area contributed by atoms with Gasteiger partial charge in [-0.15, -0.1) is 0 Å². The number of carbonyl (C=O) groups excluding carboxylic acids is 2. The van der Waals surface area contributed by atoms with Gasteiger partial charge in [0.25, 0.3) is 0 Å². The van der Waals surface area contributed by atoms with E-state index in [9.17, 15) is 14.7 Å². The fourth-order valence-electron chi connectivity index (χ4n) is 4.58. The van der Waals surface area contributed by atoms with Crippen molar-refractivity contribution in [3.63, 3.8) is 0 Å². The van der Waals surface area contributed by atoms with Crippen molar-refractivity contribution in [1.29, 1.82) is 0 Å². The minimum atomic E-state index is -0.673. The molecule has 220 valence electrons. The molecule has 0 spiro atoms. The maximum absolute atomic E-state index is 12.2. The van der Waals surface area contributed by atoms with Crippen LogP contribution in [-0.2, 0) is 20.8 Å². The standard InChI is InChI=1S/C33H38N4O5/c1-33(2,3)42-32(40)26(34)17-18-37(4)20-21-11-14-24(15-12-21)35-29(22-9-7-6-8-10-22)28-25-16-13-23(31(39)41-5)19-27(25)36-30(28)38/h6-16,19,26,36,38H,17-18,20,34H2,1-5H3. The van der Waals surface area contributed by atoms with E-state index in [1.807, 2.05) is 82.4 Å². The SMILES string of the molecule is COC(=O)c1ccc2c(C(=Nc3ccc(CN(C)CCC(N)C(=O)OC(C)(C)C)cc3)c3ccccc3)c(O)[nH]c2c1. The lowest BCUT2D eigenvalue weighted by atomic mass is 10.00. The highest BCUT2D eigenvalue weighted by molar-refractivity contribution is 6.22. The lowest BCUT2D eigenvalue weighted by Gasteiger charge is -2.23. The predicted molar refractivity (Wildman–Crippen MR) is 164 cm³/mol. The van der Waals surface area contributed by atoms with Crippen LogP contribution in [0.2, 0.25) is 0 Å². The van der Waals surface area contributed by atoms with E-state index < -0.39 is 23.6 Å². The zero-order chi connectivity index (χ0) is 30.4. The molecule has 0 amide bonds. The molecule has 3 aromatic carbocycles. The lowest BCUT2D eigenvalue weighted by molar-refractivity contribution is -0.156. The molecule has 4 aromatic rings. The molecule has 4 rings (SSSR count). The van der Waals surface area contributed by atoms with E-state index in [0.29, 0.717) is 47.6 Å². The first-order valence-corrected chi connectivity index (χ1v) is 13.8. The Kier molecular flexibility index (Phi) is 9.45. The minimum absolute atomic E-state index is 0.0440. The van der Waals surface area contributed by atoms with Crippen molar-refractivity contribution in [1.82, 2.24) is 9.88 Å². The molecule has 0 aliphatic carbocycles. The summed E-state index contributed by atoms with van der Waals surface area (Å²) >= 11 is 0. The van der Waals surface area contributed by atoms with Crippen LogP contribution in [0, 0.1) is 0 Å². The van der Waals surface area contributed by atoms with E-state index in [1.165, 1.54) is 7.11 Å². The van der Waals surface area contributed by atoms with E-state index >= 15 is 0 Å². The molecule has 0 saturated heterocycles. The fourth-order valence-corrected chi connectivity index (χ4v) is 4.58. The summed E-state index contributed by atoms with van der Waals surface area (Å²) in [6.07, 6.45) is 0.490. The van der Waals surface area contributed by atoms with Crippen LogP contribution in [0.3, 0.4) is 0 Å². The molecule has 9 heteroatoms. The molecular formula is C33H38N4O5. The molecule has 4 N–H and O–H groups in total. The molecular weight excluding hydrogens is 532 g/mol. The first kappa shape index (κ1) is 30.5. The molecule has 0 saturated carbocycles. The third kappa shape index (κ3) is 7.63. The number of methoxy groups -OCH3 is 1. The van der Waals surface area contributed by atoms with Crippen LogP contribution >= 0.6 is 0 Å². The van der Waals surface area contributed by atoms with E-state index in [0.717, 1.165) is 16.5 Å². The third-order valence-corrected chi connectivity index (χ3v) is 6.64. The van der Waals surface area contributed by atoms with Crippen molar-refractivity contribution in [3.8, 4) is 5.88 Å². The van der Waals surface area contributed by atoms with Crippen molar-refractivity contribution >= 4 is 34.2 Å². The van der Waals surface area contributed by atoms with Gasteiger partial charge in [-0.3, -0.25) is 4.79 Å². The van der Waals surface area contributed by atoms with E-state index in [2.05, 4.69) is 9.88 Å². The molecule has 0 radical (unpaired) electrons. The summed E-state index contributed by atoms with van der Waals surface area (Å²) in [6.45, 7) is 6.78. The Bertz CT molecular complexity index is 1570. The smallest absolute Gasteiger partial charge is 0.337 e. The second-order valence-electron chi connectivity index (χ2n) is 11.3. The zero-order valence-corrected chi connectivity index (χ0v) is 24.7. The number of hydrogen-bond acceptors (Lipinski definition) is 8. The summed E-state index contributed by atoms with van der Waals surface area (Å²) in [7, 11) is 3.31. The van der Waals surface area contributed by atoms with Crippen LogP contribution in [0.15, 0.2) is 77.8 Å². The van der Waals surface area contributed by atoms with Gasteiger partial charge in [-0.1, -0.05) is 48.5 Å². The maximum atomic E-state index is 12.2. The Morgan fingerprint density at radius 1 is 1.02 bits per heavy atom. The van der Waals surface area contributed by atoms with Gasteiger partial charge in [0.05, 0.1) is 29.6 Å². The first-order valence-electron chi connectivity index (χ1n) is 13.8. The predicted octanol–water partition coefficient (Wildman–Crippen LogP) is 5.32. The first-order chi connectivity index (χ1) is 19.9. The van der Waals surface area contributed by atoms with Gasteiger partial charge in [-0.25, -0.2) is 9.79 Å². The average Bonchev–Trinajstić information content (AvgIpc) is 3.29. The van der Waals surface area contributed by atoms with Crippen molar-refractivity contribution in [2.45, 2.75) is 45.4 Å². The largest absolute Gasteiger partial charge is 0.494 e. The van der Waals surface area contributed by atoms with Gasteiger partial charge in [0.15, 0.2) is 5.88 Å². The lowest BCUT2D eigenvalue weighted by Crippen LogP contribution is -2.39. The molecule has 1 aromatic heterocycles. The number of nitrogens with one attached hydrogen (secondary N) is 1. The maximum Gasteiger partial charge on any atom is 0.337 e. The average molecular weight is 571 g/mol. The molecule has 0 aliphatic heterocycles. The van der Waals surface area contributed by atoms with Crippen LogP contribution in [0.25, 0.3) is 10.9 Å². The number of H-pyrrole nitrogens is 1. The zero-order valence-electron chi connectivity index (χ0n) is 24.7. The highest BCUT2D eigenvalue weighted by atomic mass is 16.6. The number of carbonyl (C=O) groups is 2. The normalized spacial score (nSPS) is 12.9. The van der Waals surface area contributed by atoms with Gasteiger partial charge in [0, 0.05) is 29.6 Å². The van der Waals surface area contributed by atoms with Gasteiger partial charge >= 0.3 is 11.9 Å². The number of nitrogens with zero attached hydrogens (tertiary/aromatic N) is 2. The van der Waals surface area contributed by atoms with Gasteiger partial charge in [-0.2, -0.15) is 0 Å². The van der Waals surface area contributed by atoms with Crippen LogP contribution < -0.4 is 5.73 Å². The number of aliphatic imine (C=N–C) groups is 1. The molecule has 1 unspecified atom stereocenters. The van der Waals surface area contributed by atoms with Gasteiger partial charge in [0.2, 0.25) is 0 Å². The highest BCUT2D eigenvalue weighted by Crippen LogP contribution is 2.32. The van der Waals surface area contributed by atoms with E-state index in [-0.39, 0.29) is 5.88 Å². The van der Waals surface area contributed by atoms with Crippen LogP contribution in [0.5, 0.6) is 5.88 Å². The Labute approximate surface area is 246 Å². The summed E-state index contributed by atoms with van der Waals surface area (Å²) in [5.41, 5.74) is 10.2. The second kappa shape index (κ2) is 13.0. The molecule has 42 heavy (non-hydrogen) atoms. The third-order valence-electron chi connectivity index (χ3n) is 6.64. The van der Waals surface area contributed by atoms with Crippen molar-refractivity contribution < 1.29 is 24.2 Å². The molecule has 0 fully saturated rings. The number of benzene rings is 3. The Morgan fingerprint density at radius 3 is 2.36 bits per heavy atom. The summed E-state index contributed by atoms with van der Waals surface area (Å²) < 4.78 is 10.2. The van der Waals surface area contributed by atoms with Crippen LogP contribution in [0.1, 0.15) is 54.2 Å². The Morgan fingerprint density at radius 2 is 1.71 bits per heavy atom. The minimum Gasteiger partial charge on any atom is -0.494 e. The number of nitrogens with two attached hydrogens (primary N) is 1. The fraction of sp³-hybridized carbons (Fsp3) is 0.303. The summed E-state index contributed by atoms with van der Waals surface area (Å²) in [4.78, 5) is 34.2. The van der Waals surface area contributed by atoms with E-state index in [1.54, 1.807) is 18.2 Å². The number of rotatable bonds is 10. The number of aromatic hydroxyl groups is 1. The van der Waals surface area contributed by atoms with Gasteiger partial charge in [0.1, 0.15) is 11.6 Å². The van der Waals surface area contributed by atoms with E-state index in [4.69, 9.17) is 20.2 Å². The summed E-state index contributed by atoms with van der Waals surface area (Å²) in [5.74, 6) is -0.893. The summed E-state index contributed by atoms with van der Waals surface area (Å²) in [5, 5.41) is 11.7. The van der Waals surface area contributed by atoms with Crippen LogP contribution in [0.4, 0.5) is 5.69 Å².